The first kappa shape index (κ1) is 13.2. The molecule has 0 spiro atoms. The fourth-order valence-corrected chi connectivity index (χ4v) is 2.71. The van der Waals surface area contributed by atoms with Crippen molar-refractivity contribution in [3.8, 4) is 0 Å². The lowest BCUT2D eigenvalue weighted by Crippen LogP contribution is -2.29. The van der Waals surface area contributed by atoms with Crippen molar-refractivity contribution in [2.45, 2.75) is 38.6 Å². The van der Waals surface area contributed by atoms with Crippen molar-refractivity contribution >= 4 is 17.5 Å². The average Bonchev–Trinajstić information content (AvgIpc) is 3.22. The number of likely N-dealkylation sites (tertiary alicyclic amines) is 1. The van der Waals surface area contributed by atoms with Gasteiger partial charge in [0.2, 0.25) is 11.8 Å². The van der Waals surface area contributed by atoms with Gasteiger partial charge in [0, 0.05) is 24.7 Å². The lowest BCUT2D eigenvalue weighted by atomic mass is 10.1. The number of carbonyl (C=O) groups is 2. The Kier molecular flexibility index (Phi) is 3.47. The van der Waals surface area contributed by atoms with Crippen LogP contribution in [0.4, 0.5) is 5.69 Å². The van der Waals surface area contributed by atoms with Gasteiger partial charge in [-0.3, -0.25) is 9.59 Å². The minimum absolute atomic E-state index is 0.0363. The summed E-state index contributed by atoms with van der Waals surface area (Å²) in [5.74, 6) is -0.103. The van der Waals surface area contributed by atoms with Crippen LogP contribution in [0.15, 0.2) is 24.3 Å². The molecule has 20 heavy (non-hydrogen) atoms. The first-order valence-electron chi connectivity index (χ1n) is 7.36. The molecule has 1 aromatic carbocycles. The second kappa shape index (κ2) is 5.27. The van der Waals surface area contributed by atoms with Gasteiger partial charge in [0.1, 0.15) is 0 Å². The number of hydrogen-bond acceptors (Lipinski definition) is 2. The Balaban J connectivity index is 1.60. The molecule has 1 atom stereocenters. The predicted molar refractivity (Wildman–Crippen MR) is 77.3 cm³/mol. The molecule has 3 rings (SSSR count). The van der Waals surface area contributed by atoms with Crippen LogP contribution >= 0.6 is 0 Å². The summed E-state index contributed by atoms with van der Waals surface area (Å²) >= 11 is 0. The van der Waals surface area contributed by atoms with Crippen LogP contribution < -0.4 is 5.32 Å². The molecule has 1 saturated heterocycles. The molecule has 106 valence electrons. The first-order chi connectivity index (χ1) is 9.67. The van der Waals surface area contributed by atoms with E-state index in [0.29, 0.717) is 19.0 Å². The standard InChI is InChI=1S/C16H20N2O2/c1-2-11-3-5-13(6-4-11)17-16(20)12-9-15(19)18(10-12)14-7-8-14/h3-6,12,14H,2,7-10H2,1H3,(H,17,20)/t12-/m1/s1. The highest BCUT2D eigenvalue weighted by Crippen LogP contribution is 2.32. The zero-order valence-corrected chi connectivity index (χ0v) is 11.8. The highest BCUT2D eigenvalue weighted by molar-refractivity contribution is 5.97. The predicted octanol–water partition coefficient (Wildman–Crippen LogP) is 2.20. The van der Waals surface area contributed by atoms with Gasteiger partial charge in [0.15, 0.2) is 0 Å². The number of benzene rings is 1. The number of aryl methyl sites for hydroxylation is 1. The van der Waals surface area contributed by atoms with E-state index in [-0.39, 0.29) is 17.7 Å². The Hall–Kier alpha value is -1.84. The summed E-state index contributed by atoms with van der Waals surface area (Å²) in [6, 6.07) is 8.29. The van der Waals surface area contributed by atoms with Gasteiger partial charge in [0.25, 0.3) is 0 Å². The van der Waals surface area contributed by atoms with E-state index < -0.39 is 0 Å². The second-order valence-corrected chi connectivity index (χ2v) is 5.72. The molecular formula is C16H20N2O2. The van der Waals surface area contributed by atoms with Gasteiger partial charge in [-0.15, -0.1) is 0 Å². The van der Waals surface area contributed by atoms with E-state index in [2.05, 4.69) is 12.2 Å². The molecule has 1 N–H and O–H groups in total. The van der Waals surface area contributed by atoms with Crippen LogP contribution in [0.2, 0.25) is 0 Å². The van der Waals surface area contributed by atoms with Gasteiger partial charge in [-0.1, -0.05) is 19.1 Å². The molecule has 1 saturated carbocycles. The van der Waals surface area contributed by atoms with Gasteiger partial charge in [-0.05, 0) is 37.0 Å². The number of nitrogens with zero attached hydrogens (tertiary/aromatic N) is 1. The van der Waals surface area contributed by atoms with Crippen molar-refractivity contribution in [3.05, 3.63) is 29.8 Å². The molecule has 0 aromatic heterocycles. The minimum Gasteiger partial charge on any atom is -0.339 e. The lowest BCUT2D eigenvalue weighted by Gasteiger charge is -2.15. The quantitative estimate of drug-likeness (QED) is 0.913. The molecule has 0 unspecified atom stereocenters. The second-order valence-electron chi connectivity index (χ2n) is 5.72. The summed E-state index contributed by atoms with van der Waals surface area (Å²) < 4.78 is 0. The summed E-state index contributed by atoms with van der Waals surface area (Å²) in [5, 5.41) is 2.92. The van der Waals surface area contributed by atoms with Crippen LogP contribution in [-0.4, -0.2) is 29.3 Å². The minimum atomic E-state index is -0.200. The van der Waals surface area contributed by atoms with Crippen molar-refractivity contribution in [2.75, 3.05) is 11.9 Å². The Bertz CT molecular complexity index is 520. The fourth-order valence-electron chi connectivity index (χ4n) is 2.71. The van der Waals surface area contributed by atoms with Crippen molar-refractivity contribution in [2.24, 2.45) is 5.92 Å². The molecular weight excluding hydrogens is 252 g/mol. The third kappa shape index (κ3) is 2.69. The van der Waals surface area contributed by atoms with Gasteiger partial charge in [0.05, 0.1) is 5.92 Å². The smallest absolute Gasteiger partial charge is 0.229 e. The van der Waals surface area contributed by atoms with Crippen LogP contribution in [0.1, 0.15) is 31.7 Å². The average molecular weight is 272 g/mol. The van der Waals surface area contributed by atoms with Crippen LogP contribution in [-0.2, 0) is 16.0 Å². The Morgan fingerprint density at radius 1 is 1.30 bits per heavy atom. The fraction of sp³-hybridized carbons (Fsp3) is 0.500. The molecule has 1 aliphatic heterocycles. The van der Waals surface area contributed by atoms with E-state index in [0.717, 1.165) is 24.9 Å². The van der Waals surface area contributed by atoms with E-state index in [9.17, 15) is 9.59 Å². The van der Waals surface area contributed by atoms with E-state index in [4.69, 9.17) is 0 Å². The zero-order valence-electron chi connectivity index (χ0n) is 11.8. The number of amides is 2. The summed E-state index contributed by atoms with van der Waals surface area (Å²) in [6.07, 6.45) is 3.54. The van der Waals surface area contributed by atoms with Crippen LogP contribution in [0.5, 0.6) is 0 Å². The number of hydrogen-bond donors (Lipinski definition) is 1. The highest BCUT2D eigenvalue weighted by Gasteiger charge is 2.41. The van der Waals surface area contributed by atoms with E-state index in [1.54, 1.807) is 0 Å². The maximum Gasteiger partial charge on any atom is 0.229 e. The third-order valence-electron chi connectivity index (χ3n) is 4.15. The molecule has 1 heterocycles. The monoisotopic (exact) mass is 272 g/mol. The lowest BCUT2D eigenvalue weighted by molar-refractivity contribution is -0.128. The van der Waals surface area contributed by atoms with Crippen molar-refractivity contribution < 1.29 is 9.59 Å². The van der Waals surface area contributed by atoms with E-state index in [1.165, 1.54) is 5.56 Å². The number of nitrogens with one attached hydrogen (secondary N) is 1. The highest BCUT2D eigenvalue weighted by atomic mass is 16.2. The molecule has 2 amide bonds. The van der Waals surface area contributed by atoms with Gasteiger partial charge < -0.3 is 10.2 Å². The Morgan fingerprint density at radius 3 is 2.60 bits per heavy atom. The molecule has 4 heteroatoms. The Morgan fingerprint density at radius 2 is 2.00 bits per heavy atom. The molecule has 2 aliphatic rings. The summed E-state index contributed by atoms with van der Waals surface area (Å²) in [7, 11) is 0. The molecule has 1 aromatic rings. The van der Waals surface area contributed by atoms with Crippen LogP contribution in [0, 0.1) is 5.92 Å². The molecule has 2 fully saturated rings. The molecule has 1 aliphatic carbocycles. The van der Waals surface area contributed by atoms with Crippen LogP contribution in [0.25, 0.3) is 0 Å². The SMILES string of the molecule is CCc1ccc(NC(=O)[C@@H]2CC(=O)N(C3CC3)C2)cc1. The Labute approximate surface area is 119 Å². The van der Waals surface area contributed by atoms with Crippen LogP contribution in [0.3, 0.4) is 0 Å². The van der Waals surface area contributed by atoms with Gasteiger partial charge in [-0.25, -0.2) is 0 Å². The van der Waals surface area contributed by atoms with Crippen molar-refractivity contribution in [3.63, 3.8) is 0 Å². The van der Waals surface area contributed by atoms with E-state index in [1.807, 2.05) is 29.2 Å². The normalized spacial score (nSPS) is 22.1. The van der Waals surface area contributed by atoms with Crippen molar-refractivity contribution in [1.82, 2.24) is 4.90 Å². The number of carbonyl (C=O) groups excluding carboxylic acids is 2. The largest absolute Gasteiger partial charge is 0.339 e. The molecule has 0 bridgehead atoms. The van der Waals surface area contributed by atoms with Crippen molar-refractivity contribution in [1.29, 1.82) is 0 Å². The first-order valence-corrected chi connectivity index (χ1v) is 7.36. The number of anilines is 1. The maximum absolute atomic E-state index is 12.2. The zero-order chi connectivity index (χ0) is 14.1. The maximum atomic E-state index is 12.2. The van der Waals surface area contributed by atoms with Gasteiger partial charge in [-0.2, -0.15) is 0 Å². The summed E-state index contributed by atoms with van der Waals surface area (Å²) in [6.45, 7) is 2.69. The number of rotatable bonds is 4. The molecule has 4 nitrogen and oxygen atoms in total. The van der Waals surface area contributed by atoms with E-state index >= 15 is 0 Å². The summed E-state index contributed by atoms with van der Waals surface area (Å²) in [5.41, 5.74) is 2.06. The molecule has 0 radical (unpaired) electrons. The van der Waals surface area contributed by atoms with Gasteiger partial charge >= 0.3 is 0 Å². The topological polar surface area (TPSA) is 49.4 Å². The third-order valence-corrected chi connectivity index (χ3v) is 4.15. The summed E-state index contributed by atoms with van der Waals surface area (Å²) in [4.78, 5) is 25.9.